The first-order valence-electron chi connectivity index (χ1n) is 8.83. The molecule has 7 nitrogen and oxygen atoms in total. The Balaban J connectivity index is 1.80. The summed E-state index contributed by atoms with van der Waals surface area (Å²) in [5, 5.41) is 7.53. The molecule has 2 aromatic rings. The van der Waals surface area contributed by atoms with Gasteiger partial charge in [0, 0.05) is 35.8 Å². The molecule has 2 aromatic heterocycles. The van der Waals surface area contributed by atoms with Crippen molar-refractivity contribution in [2.24, 2.45) is 4.99 Å². The molecule has 0 bridgehead atoms. The summed E-state index contributed by atoms with van der Waals surface area (Å²) < 4.78 is 27.3. The van der Waals surface area contributed by atoms with Crippen molar-refractivity contribution in [1.29, 1.82) is 0 Å². The Bertz CT molecular complexity index is 852. The molecule has 0 unspecified atom stereocenters. The summed E-state index contributed by atoms with van der Waals surface area (Å²) in [5.74, 6) is 0.675. The minimum Gasteiger partial charge on any atom is -0.357 e. The van der Waals surface area contributed by atoms with Gasteiger partial charge in [0.1, 0.15) is 4.21 Å². The topological polar surface area (TPSA) is 95.5 Å². The molecule has 10 heteroatoms. The van der Waals surface area contributed by atoms with Crippen LogP contribution in [0.1, 0.15) is 27.4 Å². The molecule has 0 aliphatic carbocycles. The molecule has 3 N–H and O–H groups in total. The van der Waals surface area contributed by atoms with Gasteiger partial charge in [0.25, 0.3) is 0 Å². The first-order valence-corrected chi connectivity index (χ1v) is 11.9. The molecule has 0 fully saturated rings. The number of guanidine groups is 1. The van der Waals surface area contributed by atoms with Crippen molar-refractivity contribution in [1.82, 2.24) is 20.3 Å². The van der Waals surface area contributed by atoms with Gasteiger partial charge in [-0.25, -0.2) is 18.1 Å². The lowest BCUT2D eigenvalue weighted by Crippen LogP contribution is -2.39. The lowest BCUT2D eigenvalue weighted by molar-refractivity contribution is 0.584. The van der Waals surface area contributed by atoms with Crippen LogP contribution < -0.4 is 15.4 Å². The molecule has 0 aromatic carbocycles. The van der Waals surface area contributed by atoms with Gasteiger partial charge >= 0.3 is 0 Å². The second kappa shape index (κ2) is 10.2. The fourth-order valence-corrected chi connectivity index (χ4v) is 5.53. The molecule has 0 atom stereocenters. The average molecular weight is 430 g/mol. The van der Waals surface area contributed by atoms with Gasteiger partial charge < -0.3 is 10.6 Å². The molecule has 27 heavy (non-hydrogen) atoms. The maximum Gasteiger partial charge on any atom is 0.250 e. The van der Waals surface area contributed by atoms with E-state index >= 15 is 0 Å². The van der Waals surface area contributed by atoms with Crippen LogP contribution >= 0.6 is 22.7 Å². The molecule has 0 radical (unpaired) electrons. The number of hydrogen-bond acceptors (Lipinski definition) is 6. The van der Waals surface area contributed by atoms with E-state index in [1.807, 2.05) is 20.8 Å². The molecule has 2 heterocycles. The van der Waals surface area contributed by atoms with Crippen LogP contribution in [-0.2, 0) is 16.4 Å². The van der Waals surface area contributed by atoms with Crippen molar-refractivity contribution >= 4 is 38.7 Å². The molecular weight excluding hydrogens is 402 g/mol. The highest BCUT2D eigenvalue weighted by molar-refractivity contribution is 7.91. The molecule has 2 rings (SSSR count). The fourth-order valence-electron chi connectivity index (χ4n) is 2.25. The second-order valence-electron chi connectivity index (χ2n) is 5.95. The number of aryl methyl sites for hydroxylation is 3. The lowest BCUT2D eigenvalue weighted by Gasteiger charge is -2.10. The predicted molar refractivity (Wildman–Crippen MR) is 114 cm³/mol. The third-order valence-corrected chi connectivity index (χ3v) is 7.79. The van der Waals surface area contributed by atoms with Gasteiger partial charge in [0.05, 0.1) is 17.2 Å². The number of thiazole rings is 1. The van der Waals surface area contributed by atoms with E-state index in [2.05, 4.69) is 32.3 Å². The summed E-state index contributed by atoms with van der Waals surface area (Å²) in [6.07, 6.45) is 0.827. The molecule has 150 valence electrons. The Morgan fingerprint density at radius 2 is 1.93 bits per heavy atom. The number of thiophene rings is 1. The average Bonchev–Trinajstić information content (AvgIpc) is 3.18. The second-order valence-corrected chi connectivity index (χ2v) is 10.5. The number of rotatable bonds is 9. The van der Waals surface area contributed by atoms with Gasteiger partial charge in [-0.1, -0.05) is 0 Å². The van der Waals surface area contributed by atoms with E-state index in [4.69, 9.17) is 0 Å². The van der Waals surface area contributed by atoms with Crippen molar-refractivity contribution in [3.8, 4) is 0 Å². The van der Waals surface area contributed by atoms with E-state index in [0.29, 0.717) is 16.7 Å². The zero-order valence-electron chi connectivity index (χ0n) is 16.1. The summed E-state index contributed by atoms with van der Waals surface area (Å²) >= 11 is 2.98. The Hall–Kier alpha value is -1.49. The normalized spacial score (nSPS) is 12.4. The van der Waals surface area contributed by atoms with E-state index in [1.54, 1.807) is 23.5 Å². The first-order chi connectivity index (χ1) is 12.8. The number of sulfonamides is 1. The number of nitrogens with one attached hydrogen (secondary N) is 3. The number of aliphatic imine (C=N–C) groups is 1. The van der Waals surface area contributed by atoms with E-state index in [0.717, 1.165) is 35.1 Å². The molecule has 0 aliphatic rings. The third-order valence-electron chi connectivity index (χ3n) is 3.70. The van der Waals surface area contributed by atoms with Crippen LogP contribution in [0.25, 0.3) is 0 Å². The van der Waals surface area contributed by atoms with Gasteiger partial charge in [-0.2, -0.15) is 0 Å². The van der Waals surface area contributed by atoms with Crippen LogP contribution in [0, 0.1) is 20.8 Å². The van der Waals surface area contributed by atoms with E-state index < -0.39 is 10.0 Å². The minimum atomic E-state index is -3.45. The third kappa shape index (κ3) is 6.87. The summed E-state index contributed by atoms with van der Waals surface area (Å²) in [4.78, 5) is 11.2. The highest BCUT2D eigenvalue weighted by atomic mass is 32.2. The van der Waals surface area contributed by atoms with E-state index in [1.165, 1.54) is 16.2 Å². The monoisotopic (exact) mass is 429 g/mol. The van der Waals surface area contributed by atoms with Crippen molar-refractivity contribution < 1.29 is 8.42 Å². The highest BCUT2D eigenvalue weighted by Crippen LogP contribution is 2.20. The van der Waals surface area contributed by atoms with Crippen LogP contribution in [0.4, 0.5) is 0 Å². The highest BCUT2D eigenvalue weighted by Gasteiger charge is 2.15. The van der Waals surface area contributed by atoms with Crippen molar-refractivity contribution in [3.05, 3.63) is 32.6 Å². The van der Waals surface area contributed by atoms with Gasteiger partial charge in [-0.3, -0.25) is 4.99 Å². The van der Waals surface area contributed by atoms with Crippen LogP contribution in [0.15, 0.2) is 21.3 Å². The van der Waals surface area contributed by atoms with Gasteiger partial charge in [-0.15, -0.1) is 22.7 Å². The van der Waals surface area contributed by atoms with E-state index in [9.17, 15) is 8.42 Å². The molecule has 0 saturated heterocycles. The smallest absolute Gasteiger partial charge is 0.250 e. The zero-order chi connectivity index (χ0) is 19.9. The summed E-state index contributed by atoms with van der Waals surface area (Å²) in [6, 6.07) is 3.43. The quantitative estimate of drug-likeness (QED) is 0.323. The fraction of sp³-hybridized carbons (Fsp3) is 0.529. The van der Waals surface area contributed by atoms with Crippen LogP contribution in [-0.4, -0.2) is 45.5 Å². The summed E-state index contributed by atoms with van der Waals surface area (Å²) in [6.45, 7) is 10.0. The Kier molecular flexibility index (Phi) is 8.21. The molecule has 0 spiro atoms. The largest absolute Gasteiger partial charge is 0.357 e. The van der Waals surface area contributed by atoms with E-state index in [-0.39, 0.29) is 6.54 Å². The van der Waals surface area contributed by atoms with Gasteiger partial charge in [-0.05, 0) is 39.8 Å². The van der Waals surface area contributed by atoms with Crippen LogP contribution in [0.2, 0.25) is 0 Å². The molecular formula is C17H27N5O2S3. The summed E-state index contributed by atoms with van der Waals surface area (Å²) in [7, 11) is -3.45. The first kappa shape index (κ1) is 21.8. The zero-order valence-corrected chi connectivity index (χ0v) is 18.6. The number of nitrogens with zero attached hydrogens (tertiary/aromatic N) is 2. The molecule has 0 saturated carbocycles. The Morgan fingerprint density at radius 3 is 2.52 bits per heavy atom. The summed E-state index contributed by atoms with van der Waals surface area (Å²) in [5.41, 5.74) is 1.09. The van der Waals surface area contributed by atoms with Gasteiger partial charge in [0.15, 0.2) is 5.96 Å². The Labute approximate surface area is 169 Å². The van der Waals surface area contributed by atoms with Crippen molar-refractivity contribution in [2.75, 3.05) is 26.2 Å². The SMILES string of the molecule is CCNC(=NCCNS(=O)(=O)c1ccc(C)s1)NCCc1nc(C)c(C)s1. The van der Waals surface area contributed by atoms with Crippen LogP contribution in [0.3, 0.4) is 0 Å². The molecule has 0 aliphatic heterocycles. The van der Waals surface area contributed by atoms with Crippen molar-refractivity contribution in [3.63, 3.8) is 0 Å². The standard InChI is InChI=1S/C17H27N5O2S3/c1-5-18-17(19-9-8-15-22-13(3)14(4)26-15)20-10-11-21-27(23,24)16-7-6-12(2)25-16/h6-7,21H,5,8-11H2,1-4H3,(H2,18,19,20). The van der Waals surface area contributed by atoms with Crippen molar-refractivity contribution in [2.45, 2.75) is 38.3 Å². The van der Waals surface area contributed by atoms with Gasteiger partial charge in [0.2, 0.25) is 10.0 Å². The molecule has 0 amide bonds. The number of hydrogen-bond donors (Lipinski definition) is 3. The predicted octanol–water partition coefficient (Wildman–Crippen LogP) is 2.21. The lowest BCUT2D eigenvalue weighted by atomic mass is 10.4. The van der Waals surface area contributed by atoms with Crippen LogP contribution in [0.5, 0.6) is 0 Å². The Morgan fingerprint density at radius 1 is 1.15 bits per heavy atom. The minimum absolute atomic E-state index is 0.251. The maximum absolute atomic E-state index is 12.2. The maximum atomic E-state index is 12.2. The number of aromatic nitrogens is 1.